The second-order valence-corrected chi connectivity index (χ2v) is 5.69. The average Bonchev–Trinajstić information content (AvgIpc) is 3.22. The summed E-state index contributed by atoms with van der Waals surface area (Å²) in [7, 11) is 1.62. The quantitative estimate of drug-likeness (QED) is 0.469. The number of amides is 1. The van der Waals surface area contributed by atoms with Gasteiger partial charge in [0.1, 0.15) is 30.7 Å². The number of hydrogen-bond acceptors (Lipinski definition) is 6. The molecule has 3 rings (SSSR count). The van der Waals surface area contributed by atoms with Gasteiger partial charge in [-0.1, -0.05) is 18.2 Å². The second-order valence-electron chi connectivity index (χ2n) is 5.69. The fourth-order valence-corrected chi connectivity index (χ4v) is 2.47. The van der Waals surface area contributed by atoms with Gasteiger partial charge in [-0.05, 0) is 24.3 Å². The maximum absolute atomic E-state index is 12.6. The number of nitro groups is 1. The Balaban J connectivity index is 1.70. The lowest BCUT2D eigenvalue weighted by Gasteiger charge is -2.17. The molecule has 2 aromatic carbocycles. The van der Waals surface area contributed by atoms with Gasteiger partial charge in [0.2, 0.25) is 0 Å². The van der Waals surface area contributed by atoms with Gasteiger partial charge < -0.3 is 9.64 Å². The van der Waals surface area contributed by atoms with Gasteiger partial charge in [-0.3, -0.25) is 14.9 Å². The van der Waals surface area contributed by atoms with Crippen molar-refractivity contribution in [1.82, 2.24) is 19.7 Å². The number of nitro benzene ring substituents is 1. The third-order valence-corrected chi connectivity index (χ3v) is 3.87. The lowest BCUT2D eigenvalue weighted by Crippen LogP contribution is -2.31. The van der Waals surface area contributed by atoms with Gasteiger partial charge in [0.25, 0.3) is 11.6 Å². The lowest BCUT2D eigenvalue weighted by molar-refractivity contribution is -0.384. The predicted octanol–water partition coefficient (Wildman–Crippen LogP) is 2.33. The van der Waals surface area contributed by atoms with Gasteiger partial charge in [0.05, 0.1) is 11.5 Å². The zero-order valence-electron chi connectivity index (χ0n) is 14.6. The molecule has 0 saturated carbocycles. The van der Waals surface area contributed by atoms with E-state index >= 15 is 0 Å². The highest BCUT2D eigenvalue weighted by atomic mass is 16.6. The highest BCUT2D eigenvalue weighted by molar-refractivity contribution is 5.95. The number of likely N-dealkylation sites (N-methyl/N-ethyl adjacent to an activating group) is 1. The molecule has 9 heteroatoms. The van der Waals surface area contributed by atoms with Crippen molar-refractivity contribution in [3.63, 3.8) is 0 Å². The zero-order valence-corrected chi connectivity index (χ0v) is 14.6. The first-order chi connectivity index (χ1) is 13.1. The summed E-state index contributed by atoms with van der Waals surface area (Å²) in [6.45, 7) is 0.651. The van der Waals surface area contributed by atoms with Gasteiger partial charge in [-0.25, -0.2) is 9.67 Å². The van der Waals surface area contributed by atoms with Crippen LogP contribution in [0.2, 0.25) is 0 Å². The van der Waals surface area contributed by atoms with Crippen molar-refractivity contribution in [2.24, 2.45) is 0 Å². The van der Waals surface area contributed by atoms with Crippen molar-refractivity contribution in [3.05, 3.63) is 76.9 Å². The molecule has 0 fully saturated rings. The van der Waals surface area contributed by atoms with E-state index in [1.165, 1.54) is 40.4 Å². The SMILES string of the molecule is CN(CCOc1ccccc1)C(=O)c1ccc(-n2cncn2)c([N+](=O)[O-])c1. The van der Waals surface area contributed by atoms with Crippen molar-refractivity contribution in [2.75, 3.05) is 20.2 Å². The minimum atomic E-state index is -0.549. The van der Waals surface area contributed by atoms with Crippen LogP contribution in [-0.4, -0.2) is 50.7 Å². The van der Waals surface area contributed by atoms with E-state index in [0.717, 1.165) is 0 Å². The minimum absolute atomic E-state index is 0.216. The first kappa shape index (κ1) is 18.1. The molecule has 0 saturated heterocycles. The highest BCUT2D eigenvalue weighted by Gasteiger charge is 2.21. The van der Waals surface area contributed by atoms with Crippen molar-refractivity contribution in [2.45, 2.75) is 0 Å². The van der Waals surface area contributed by atoms with E-state index in [-0.39, 0.29) is 22.8 Å². The zero-order chi connectivity index (χ0) is 19.2. The van der Waals surface area contributed by atoms with Gasteiger partial charge in [-0.2, -0.15) is 5.10 Å². The molecule has 0 aliphatic heterocycles. The molecule has 9 nitrogen and oxygen atoms in total. The number of rotatable bonds is 7. The van der Waals surface area contributed by atoms with Crippen LogP contribution in [0.1, 0.15) is 10.4 Å². The maximum atomic E-state index is 12.6. The topological polar surface area (TPSA) is 103 Å². The minimum Gasteiger partial charge on any atom is -0.492 e. The molecule has 0 N–H and O–H groups in total. The monoisotopic (exact) mass is 367 g/mol. The van der Waals surface area contributed by atoms with E-state index in [1.54, 1.807) is 7.05 Å². The predicted molar refractivity (Wildman–Crippen MR) is 96.9 cm³/mol. The summed E-state index contributed by atoms with van der Waals surface area (Å²) in [5.41, 5.74) is 0.233. The molecule has 138 valence electrons. The second kappa shape index (κ2) is 8.09. The molecule has 0 radical (unpaired) electrons. The van der Waals surface area contributed by atoms with Crippen molar-refractivity contribution in [1.29, 1.82) is 0 Å². The number of para-hydroxylation sites is 1. The lowest BCUT2D eigenvalue weighted by atomic mass is 10.1. The van der Waals surface area contributed by atoms with Crippen LogP contribution in [0.25, 0.3) is 5.69 Å². The highest BCUT2D eigenvalue weighted by Crippen LogP contribution is 2.24. The summed E-state index contributed by atoms with van der Waals surface area (Å²) in [6.07, 6.45) is 2.64. The number of benzene rings is 2. The number of hydrogen-bond donors (Lipinski definition) is 0. The summed E-state index contributed by atoms with van der Waals surface area (Å²) in [5.74, 6) is 0.381. The first-order valence-corrected chi connectivity index (χ1v) is 8.13. The molecule has 0 aliphatic carbocycles. The van der Waals surface area contributed by atoms with Gasteiger partial charge in [0, 0.05) is 18.7 Å². The Morgan fingerprint density at radius 2 is 2.04 bits per heavy atom. The molecule has 1 amide bonds. The number of aromatic nitrogens is 3. The van der Waals surface area contributed by atoms with E-state index in [4.69, 9.17) is 4.74 Å². The van der Waals surface area contributed by atoms with Crippen LogP contribution >= 0.6 is 0 Å². The van der Waals surface area contributed by atoms with Crippen LogP contribution < -0.4 is 4.74 Å². The van der Waals surface area contributed by atoms with Gasteiger partial charge in [-0.15, -0.1) is 0 Å². The third kappa shape index (κ3) is 4.27. The Kier molecular flexibility index (Phi) is 5.41. The molecule has 1 heterocycles. The van der Waals surface area contributed by atoms with E-state index in [0.29, 0.717) is 18.9 Å². The molecule has 0 unspecified atom stereocenters. The van der Waals surface area contributed by atoms with Gasteiger partial charge in [0.15, 0.2) is 0 Å². The fourth-order valence-electron chi connectivity index (χ4n) is 2.47. The number of ether oxygens (including phenoxy) is 1. The Morgan fingerprint density at radius 3 is 2.70 bits per heavy atom. The molecular formula is C18H17N5O4. The molecular weight excluding hydrogens is 350 g/mol. The maximum Gasteiger partial charge on any atom is 0.295 e. The molecule has 27 heavy (non-hydrogen) atoms. The Morgan fingerprint density at radius 1 is 1.26 bits per heavy atom. The largest absolute Gasteiger partial charge is 0.492 e. The molecule has 3 aromatic rings. The number of carbonyl (C=O) groups excluding carboxylic acids is 1. The Bertz CT molecular complexity index is 928. The average molecular weight is 367 g/mol. The normalized spacial score (nSPS) is 10.4. The molecule has 0 spiro atoms. The summed E-state index contributed by atoms with van der Waals surface area (Å²) in [6, 6.07) is 13.5. The molecule has 1 aromatic heterocycles. The number of carbonyl (C=O) groups is 1. The summed E-state index contributed by atoms with van der Waals surface area (Å²) >= 11 is 0. The van der Waals surface area contributed by atoms with Crippen LogP contribution in [0.15, 0.2) is 61.2 Å². The summed E-state index contributed by atoms with van der Waals surface area (Å²) < 4.78 is 6.85. The standard InChI is InChI=1S/C18H17N5O4/c1-21(9-10-27-15-5-3-2-4-6-15)18(24)14-7-8-16(17(11-14)23(25)26)22-13-19-12-20-22/h2-8,11-13H,9-10H2,1H3. The van der Waals surface area contributed by atoms with Crippen LogP contribution in [-0.2, 0) is 0 Å². The van der Waals surface area contributed by atoms with Crippen molar-refractivity contribution < 1.29 is 14.5 Å². The smallest absolute Gasteiger partial charge is 0.295 e. The van der Waals surface area contributed by atoms with E-state index < -0.39 is 4.92 Å². The molecule has 0 atom stereocenters. The van der Waals surface area contributed by atoms with Crippen LogP contribution in [0.3, 0.4) is 0 Å². The molecule has 0 bridgehead atoms. The third-order valence-electron chi connectivity index (χ3n) is 3.87. The van der Waals surface area contributed by atoms with Crippen LogP contribution in [0.4, 0.5) is 5.69 Å². The Labute approximate surface area is 155 Å². The Hall–Kier alpha value is -3.75. The molecule has 0 aliphatic rings. The van der Waals surface area contributed by atoms with E-state index in [9.17, 15) is 14.9 Å². The van der Waals surface area contributed by atoms with Crippen LogP contribution in [0, 0.1) is 10.1 Å². The summed E-state index contributed by atoms with van der Waals surface area (Å²) in [5, 5.41) is 15.3. The van der Waals surface area contributed by atoms with Crippen molar-refractivity contribution in [3.8, 4) is 11.4 Å². The van der Waals surface area contributed by atoms with E-state index in [1.807, 2.05) is 30.3 Å². The number of nitrogens with zero attached hydrogens (tertiary/aromatic N) is 5. The summed E-state index contributed by atoms with van der Waals surface area (Å²) in [4.78, 5) is 28.7. The van der Waals surface area contributed by atoms with Crippen molar-refractivity contribution >= 4 is 11.6 Å². The van der Waals surface area contributed by atoms with Gasteiger partial charge >= 0.3 is 0 Å². The fraction of sp³-hybridized carbons (Fsp3) is 0.167. The van der Waals surface area contributed by atoms with Crippen LogP contribution in [0.5, 0.6) is 5.75 Å². The van der Waals surface area contributed by atoms with E-state index in [2.05, 4.69) is 10.1 Å². The first-order valence-electron chi connectivity index (χ1n) is 8.13.